The zero-order valence-electron chi connectivity index (χ0n) is 8.65. The van der Waals surface area contributed by atoms with Crippen molar-refractivity contribution in [3.8, 4) is 0 Å². The molecular formula is C11H10F6. The number of hydrogen-bond acceptors (Lipinski definition) is 0. The molecular weight excluding hydrogens is 246 g/mol. The maximum atomic E-state index is 12.9. The van der Waals surface area contributed by atoms with Crippen LogP contribution in [0.15, 0.2) is 12.2 Å². The summed E-state index contributed by atoms with van der Waals surface area (Å²) >= 11 is 0. The van der Waals surface area contributed by atoms with Gasteiger partial charge in [-0.05, 0) is 36.5 Å². The van der Waals surface area contributed by atoms with Crippen LogP contribution in [0.2, 0.25) is 0 Å². The summed E-state index contributed by atoms with van der Waals surface area (Å²) in [6.45, 7) is 0. The lowest BCUT2D eigenvalue weighted by molar-refractivity contribution is -0.400. The summed E-state index contributed by atoms with van der Waals surface area (Å²) in [6, 6.07) is 0. The maximum Gasteiger partial charge on any atom is 0.403 e. The van der Waals surface area contributed by atoms with Crippen LogP contribution in [0, 0.1) is 29.1 Å². The number of allylic oxidation sites excluding steroid dienone is 2. The van der Waals surface area contributed by atoms with Crippen molar-refractivity contribution in [2.75, 3.05) is 0 Å². The van der Waals surface area contributed by atoms with Crippen molar-refractivity contribution in [3.05, 3.63) is 12.2 Å². The summed E-state index contributed by atoms with van der Waals surface area (Å²) in [5.74, 6) is -2.31. The Labute approximate surface area is 93.7 Å². The second kappa shape index (κ2) is 2.83. The highest BCUT2D eigenvalue weighted by molar-refractivity contribution is 5.25. The molecule has 3 aliphatic carbocycles. The number of halogens is 6. The molecule has 0 heterocycles. The number of rotatable bonds is 0. The zero-order valence-corrected chi connectivity index (χ0v) is 8.65. The van der Waals surface area contributed by atoms with Crippen LogP contribution >= 0.6 is 0 Å². The Morgan fingerprint density at radius 3 is 1.88 bits per heavy atom. The van der Waals surface area contributed by atoms with Gasteiger partial charge in [0.1, 0.15) is 0 Å². The van der Waals surface area contributed by atoms with Crippen LogP contribution in [0.25, 0.3) is 0 Å². The molecule has 3 rings (SSSR count). The van der Waals surface area contributed by atoms with E-state index in [0.717, 1.165) is 0 Å². The quantitative estimate of drug-likeness (QED) is 0.455. The van der Waals surface area contributed by atoms with E-state index in [4.69, 9.17) is 0 Å². The van der Waals surface area contributed by atoms with E-state index in [1.54, 1.807) is 6.08 Å². The van der Waals surface area contributed by atoms with Gasteiger partial charge in [-0.2, -0.15) is 26.3 Å². The molecule has 0 aromatic heterocycles. The Balaban J connectivity index is 2.03. The van der Waals surface area contributed by atoms with Crippen molar-refractivity contribution >= 4 is 0 Å². The molecule has 2 bridgehead atoms. The van der Waals surface area contributed by atoms with Crippen molar-refractivity contribution in [1.82, 2.24) is 0 Å². The lowest BCUT2D eigenvalue weighted by Crippen LogP contribution is -2.65. The van der Waals surface area contributed by atoms with Crippen molar-refractivity contribution in [1.29, 1.82) is 0 Å². The topological polar surface area (TPSA) is 0 Å². The molecule has 6 heteroatoms. The summed E-state index contributed by atoms with van der Waals surface area (Å²) in [7, 11) is 0. The Kier molecular flexibility index (Phi) is 1.90. The number of alkyl halides is 6. The monoisotopic (exact) mass is 256 g/mol. The number of hydrogen-bond donors (Lipinski definition) is 0. The van der Waals surface area contributed by atoms with Gasteiger partial charge in [-0.3, -0.25) is 0 Å². The van der Waals surface area contributed by atoms with E-state index in [2.05, 4.69) is 0 Å². The fraction of sp³-hybridized carbons (Fsp3) is 0.818. The smallest absolute Gasteiger partial charge is 0.170 e. The summed E-state index contributed by atoms with van der Waals surface area (Å²) < 4.78 is 77.2. The van der Waals surface area contributed by atoms with Gasteiger partial charge >= 0.3 is 12.4 Å². The minimum atomic E-state index is -5.19. The average Bonchev–Trinajstić information content (AvgIpc) is 2.53. The highest BCUT2D eigenvalue weighted by atomic mass is 19.4. The van der Waals surface area contributed by atoms with Crippen molar-refractivity contribution in [2.24, 2.45) is 29.1 Å². The van der Waals surface area contributed by atoms with E-state index in [1.807, 2.05) is 0 Å². The molecule has 2 fully saturated rings. The van der Waals surface area contributed by atoms with Gasteiger partial charge in [-0.25, -0.2) is 0 Å². The first kappa shape index (κ1) is 11.4. The van der Waals surface area contributed by atoms with E-state index >= 15 is 0 Å². The van der Waals surface area contributed by atoms with Gasteiger partial charge in [-0.1, -0.05) is 12.2 Å². The fourth-order valence-electron chi connectivity index (χ4n) is 4.05. The predicted molar refractivity (Wildman–Crippen MR) is 46.9 cm³/mol. The Morgan fingerprint density at radius 2 is 1.41 bits per heavy atom. The summed E-state index contributed by atoms with van der Waals surface area (Å²) in [6.07, 6.45) is -7.38. The first-order valence-corrected chi connectivity index (χ1v) is 5.50. The molecule has 0 radical (unpaired) electrons. The van der Waals surface area contributed by atoms with Crippen LogP contribution in [-0.4, -0.2) is 12.4 Å². The van der Waals surface area contributed by atoms with Gasteiger partial charge in [0.2, 0.25) is 0 Å². The third-order valence-electron chi connectivity index (χ3n) is 4.76. The molecule has 0 aliphatic heterocycles. The normalized spacial score (nSPS) is 42.5. The minimum Gasteiger partial charge on any atom is -0.170 e. The Hall–Kier alpha value is -0.680. The van der Waals surface area contributed by atoms with Crippen molar-refractivity contribution in [3.63, 3.8) is 0 Å². The maximum absolute atomic E-state index is 12.9. The molecule has 0 amide bonds. The molecule has 0 N–H and O–H groups in total. The number of fused-ring (bicyclic) bond motifs is 5. The van der Waals surface area contributed by atoms with Gasteiger partial charge in [0.15, 0.2) is 5.41 Å². The molecule has 0 saturated heterocycles. The standard InChI is InChI=1S/C11H10F6/c12-10(13,14)9(11(15,16)17)4-7-5-1-2-6(3-5)8(7)9/h1-2,5-8H,3-4H2. The largest absolute Gasteiger partial charge is 0.403 e. The average molecular weight is 256 g/mol. The van der Waals surface area contributed by atoms with E-state index in [9.17, 15) is 26.3 Å². The molecule has 0 nitrogen and oxygen atoms in total. The van der Waals surface area contributed by atoms with Gasteiger partial charge in [0, 0.05) is 0 Å². The molecule has 4 unspecified atom stereocenters. The molecule has 0 aromatic carbocycles. The van der Waals surface area contributed by atoms with Crippen molar-refractivity contribution in [2.45, 2.75) is 25.2 Å². The Morgan fingerprint density at radius 1 is 0.882 bits per heavy atom. The van der Waals surface area contributed by atoms with Crippen LogP contribution in [0.3, 0.4) is 0 Å². The van der Waals surface area contributed by atoms with Crippen LogP contribution in [0.1, 0.15) is 12.8 Å². The molecule has 4 atom stereocenters. The van der Waals surface area contributed by atoms with E-state index in [0.29, 0.717) is 6.42 Å². The third-order valence-corrected chi connectivity index (χ3v) is 4.76. The van der Waals surface area contributed by atoms with Gasteiger partial charge in [-0.15, -0.1) is 0 Å². The molecule has 96 valence electrons. The molecule has 0 aromatic rings. The molecule has 17 heavy (non-hydrogen) atoms. The van der Waals surface area contributed by atoms with E-state index in [1.165, 1.54) is 6.08 Å². The van der Waals surface area contributed by atoms with Gasteiger partial charge < -0.3 is 0 Å². The predicted octanol–water partition coefficient (Wildman–Crippen LogP) is 3.94. The Bertz CT molecular complexity index is 362. The van der Waals surface area contributed by atoms with Crippen LogP contribution in [-0.2, 0) is 0 Å². The van der Waals surface area contributed by atoms with Crippen LogP contribution < -0.4 is 0 Å². The lowest BCUT2D eigenvalue weighted by Gasteiger charge is -2.56. The second-order valence-corrected chi connectivity index (χ2v) is 5.31. The SMILES string of the molecule is FC(F)(F)C1(C(F)(F)F)CC2C3C=CC(C3)C21. The van der Waals surface area contributed by atoms with Crippen molar-refractivity contribution < 1.29 is 26.3 Å². The zero-order chi connectivity index (χ0) is 12.6. The fourth-order valence-corrected chi connectivity index (χ4v) is 4.05. The molecule has 3 aliphatic rings. The summed E-state index contributed by atoms with van der Waals surface area (Å²) in [5.41, 5.74) is -3.45. The second-order valence-electron chi connectivity index (χ2n) is 5.31. The van der Waals surface area contributed by atoms with Gasteiger partial charge in [0.25, 0.3) is 0 Å². The van der Waals surface area contributed by atoms with Crippen LogP contribution in [0.4, 0.5) is 26.3 Å². The summed E-state index contributed by atoms with van der Waals surface area (Å²) in [5, 5.41) is 0. The third kappa shape index (κ3) is 1.12. The van der Waals surface area contributed by atoms with Gasteiger partial charge in [0.05, 0.1) is 0 Å². The first-order chi connectivity index (χ1) is 7.68. The van der Waals surface area contributed by atoms with E-state index in [-0.39, 0.29) is 5.92 Å². The molecule has 0 spiro atoms. The lowest BCUT2D eigenvalue weighted by atomic mass is 9.49. The van der Waals surface area contributed by atoms with Crippen LogP contribution in [0.5, 0.6) is 0 Å². The highest BCUT2D eigenvalue weighted by Crippen LogP contribution is 2.75. The first-order valence-electron chi connectivity index (χ1n) is 5.50. The molecule has 2 saturated carbocycles. The minimum absolute atomic E-state index is 0.0668. The highest BCUT2D eigenvalue weighted by Gasteiger charge is 2.83. The summed E-state index contributed by atoms with van der Waals surface area (Å²) in [4.78, 5) is 0. The van der Waals surface area contributed by atoms with E-state index < -0.39 is 41.9 Å².